The van der Waals surface area contributed by atoms with Gasteiger partial charge in [0.1, 0.15) is 11.6 Å². The smallest absolute Gasteiger partial charge is 0.144 e. The van der Waals surface area contributed by atoms with Gasteiger partial charge in [-0.1, -0.05) is 11.6 Å². The first-order valence-corrected chi connectivity index (χ1v) is 7.95. The van der Waals surface area contributed by atoms with Crippen LogP contribution < -0.4 is 0 Å². The number of imidazole rings is 1. The zero-order valence-corrected chi connectivity index (χ0v) is 13.3. The van der Waals surface area contributed by atoms with Crippen molar-refractivity contribution in [2.45, 2.75) is 37.8 Å². The predicted molar refractivity (Wildman–Crippen MR) is 82.7 cm³/mol. The Morgan fingerprint density at radius 3 is 2.76 bits per heavy atom. The molecule has 0 radical (unpaired) electrons. The maximum atomic E-state index is 13.6. The largest absolute Gasteiger partial charge is 0.376 e. The molecule has 0 atom stereocenters. The Hall–Kier alpha value is -0.840. The molecule has 3 nitrogen and oxygen atoms in total. The van der Waals surface area contributed by atoms with Crippen LogP contribution in [0.3, 0.4) is 0 Å². The van der Waals surface area contributed by atoms with Crippen molar-refractivity contribution in [3.05, 3.63) is 28.8 Å². The summed E-state index contributed by atoms with van der Waals surface area (Å²) in [5.41, 5.74) is 1.31. The van der Waals surface area contributed by atoms with Crippen molar-refractivity contribution in [1.29, 1.82) is 0 Å². The first-order valence-electron chi connectivity index (χ1n) is 7.04. The molecule has 0 bridgehead atoms. The Labute approximate surface area is 133 Å². The van der Waals surface area contributed by atoms with E-state index in [4.69, 9.17) is 27.9 Å². The molecule has 1 fully saturated rings. The van der Waals surface area contributed by atoms with Gasteiger partial charge in [0.25, 0.3) is 0 Å². The highest BCUT2D eigenvalue weighted by atomic mass is 35.5. The van der Waals surface area contributed by atoms with Gasteiger partial charge in [0.2, 0.25) is 0 Å². The van der Waals surface area contributed by atoms with Gasteiger partial charge < -0.3 is 9.30 Å². The van der Waals surface area contributed by atoms with Crippen molar-refractivity contribution in [2.75, 3.05) is 13.0 Å². The number of halogens is 3. The van der Waals surface area contributed by atoms with Crippen molar-refractivity contribution in [3.8, 4) is 0 Å². The number of aromatic nitrogens is 2. The van der Waals surface area contributed by atoms with Crippen molar-refractivity contribution < 1.29 is 9.13 Å². The van der Waals surface area contributed by atoms with E-state index in [0.717, 1.165) is 24.2 Å². The molecule has 1 saturated carbocycles. The van der Waals surface area contributed by atoms with E-state index in [9.17, 15) is 4.39 Å². The number of rotatable bonds is 5. The van der Waals surface area contributed by atoms with Gasteiger partial charge >= 0.3 is 0 Å². The highest BCUT2D eigenvalue weighted by molar-refractivity contribution is 6.31. The Balaban J connectivity index is 2.09. The first-order chi connectivity index (χ1) is 10.1. The van der Waals surface area contributed by atoms with Crippen LogP contribution in [0.25, 0.3) is 11.0 Å². The van der Waals surface area contributed by atoms with Crippen LogP contribution in [0.5, 0.6) is 0 Å². The molecule has 1 aromatic carbocycles. The third-order valence-corrected chi connectivity index (χ3v) is 4.81. The van der Waals surface area contributed by atoms with E-state index in [2.05, 4.69) is 9.55 Å². The van der Waals surface area contributed by atoms with Crippen LogP contribution in [-0.4, -0.2) is 28.1 Å². The van der Waals surface area contributed by atoms with E-state index in [0.29, 0.717) is 24.4 Å². The molecule has 21 heavy (non-hydrogen) atoms. The number of alkyl halides is 1. The van der Waals surface area contributed by atoms with E-state index in [-0.39, 0.29) is 10.6 Å². The van der Waals surface area contributed by atoms with E-state index >= 15 is 0 Å². The molecule has 0 unspecified atom stereocenters. The van der Waals surface area contributed by atoms with Crippen LogP contribution in [0.1, 0.15) is 25.1 Å². The van der Waals surface area contributed by atoms with Crippen LogP contribution in [0.15, 0.2) is 12.1 Å². The molecular formula is C15H17Cl2FN2O. The highest BCUT2D eigenvalue weighted by Gasteiger charge is 2.38. The lowest BCUT2D eigenvalue weighted by atomic mass is 9.80. The summed E-state index contributed by atoms with van der Waals surface area (Å²) in [6.45, 7) is 0.703. The first kappa shape index (κ1) is 15.1. The van der Waals surface area contributed by atoms with Gasteiger partial charge in [0, 0.05) is 25.5 Å². The molecule has 0 spiro atoms. The minimum absolute atomic E-state index is 0.112. The monoisotopic (exact) mass is 330 g/mol. The highest BCUT2D eigenvalue weighted by Crippen LogP contribution is 2.38. The second-order valence-electron chi connectivity index (χ2n) is 5.55. The molecule has 0 aliphatic heterocycles. The quantitative estimate of drug-likeness (QED) is 0.769. The summed E-state index contributed by atoms with van der Waals surface area (Å²) < 4.78 is 21.4. The number of methoxy groups -OCH3 is 1. The zero-order valence-electron chi connectivity index (χ0n) is 11.8. The van der Waals surface area contributed by atoms with Crippen LogP contribution in [-0.2, 0) is 17.7 Å². The van der Waals surface area contributed by atoms with Crippen LogP contribution >= 0.6 is 23.2 Å². The second kappa shape index (κ2) is 5.75. The maximum absolute atomic E-state index is 13.6. The third kappa shape index (κ3) is 2.65. The molecule has 114 valence electrons. The van der Waals surface area contributed by atoms with Gasteiger partial charge in [-0.25, -0.2) is 9.37 Å². The molecule has 0 saturated heterocycles. The minimum atomic E-state index is -0.448. The Morgan fingerprint density at radius 1 is 1.43 bits per heavy atom. The Morgan fingerprint density at radius 2 is 2.19 bits per heavy atom. The van der Waals surface area contributed by atoms with Gasteiger partial charge in [-0.3, -0.25) is 0 Å². The Kier molecular flexibility index (Phi) is 4.12. The number of hydrogen-bond acceptors (Lipinski definition) is 2. The lowest BCUT2D eigenvalue weighted by Crippen LogP contribution is -2.43. The molecule has 1 aromatic heterocycles. The topological polar surface area (TPSA) is 27.1 Å². The lowest BCUT2D eigenvalue weighted by molar-refractivity contribution is -0.0832. The summed E-state index contributed by atoms with van der Waals surface area (Å²) in [6, 6.07) is 3.02. The van der Waals surface area contributed by atoms with E-state index < -0.39 is 5.82 Å². The number of fused-ring (bicyclic) bond motifs is 1. The average molecular weight is 331 g/mol. The second-order valence-corrected chi connectivity index (χ2v) is 6.33. The molecule has 1 heterocycles. The van der Waals surface area contributed by atoms with Gasteiger partial charge in [-0.2, -0.15) is 0 Å². The minimum Gasteiger partial charge on any atom is -0.376 e. The van der Waals surface area contributed by atoms with Crippen LogP contribution in [0, 0.1) is 5.82 Å². The zero-order chi connectivity index (χ0) is 15.0. The number of ether oxygens (including phenoxy) is 1. The SMILES string of the molecule is COC1(Cn2c(CCCl)nc3cc(F)c(Cl)cc32)CCC1. The van der Waals surface area contributed by atoms with Gasteiger partial charge in [0.15, 0.2) is 0 Å². The Bertz CT molecular complexity index is 662. The molecular weight excluding hydrogens is 314 g/mol. The van der Waals surface area contributed by atoms with Crippen molar-refractivity contribution in [3.63, 3.8) is 0 Å². The van der Waals surface area contributed by atoms with E-state index in [1.807, 2.05) is 0 Å². The normalized spacial score (nSPS) is 17.1. The van der Waals surface area contributed by atoms with Crippen molar-refractivity contribution in [1.82, 2.24) is 9.55 Å². The average Bonchev–Trinajstić information content (AvgIpc) is 2.72. The number of benzene rings is 1. The standard InChI is InChI=1S/C15H17Cl2FN2O/c1-21-15(4-2-5-15)9-20-13-7-10(17)11(18)8-12(13)19-14(20)3-6-16/h7-8H,2-6,9H2,1H3. The number of hydrogen-bond donors (Lipinski definition) is 0. The lowest BCUT2D eigenvalue weighted by Gasteiger charge is -2.41. The molecule has 1 aliphatic carbocycles. The molecule has 2 aromatic rings. The van der Waals surface area contributed by atoms with E-state index in [1.165, 1.54) is 12.5 Å². The number of aryl methyl sites for hydroxylation is 1. The molecule has 0 amide bonds. The summed E-state index contributed by atoms with van der Waals surface area (Å²) in [4.78, 5) is 4.51. The molecule has 3 rings (SSSR count). The van der Waals surface area contributed by atoms with Crippen molar-refractivity contribution in [2.24, 2.45) is 0 Å². The van der Waals surface area contributed by atoms with Crippen LogP contribution in [0.4, 0.5) is 4.39 Å². The summed E-state index contributed by atoms with van der Waals surface area (Å²) in [5.74, 6) is 0.876. The fourth-order valence-corrected chi connectivity index (χ4v) is 3.23. The molecule has 6 heteroatoms. The van der Waals surface area contributed by atoms with Gasteiger partial charge in [-0.15, -0.1) is 11.6 Å². The third-order valence-electron chi connectivity index (χ3n) is 4.33. The van der Waals surface area contributed by atoms with Crippen LogP contribution in [0.2, 0.25) is 5.02 Å². The summed E-state index contributed by atoms with van der Waals surface area (Å²) in [6.07, 6.45) is 3.85. The van der Waals surface area contributed by atoms with E-state index in [1.54, 1.807) is 13.2 Å². The fraction of sp³-hybridized carbons (Fsp3) is 0.533. The van der Waals surface area contributed by atoms with Crippen molar-refractivity contribution >= 4 is 34.2 Å². The fourth-order valence-electron chi connectivity index (χ4n) is 2.91. The van der Waals surface area contributed by atoms with Gasteiger partial charge in [-0.05, 0) is 25.3 Å². The maximum Gasteiger partial charge on any atom is 0.144 e. The number of nitrogens with zero attached hydrogens (tertiary/aromatic N) is 2. The summed E-state index contributed by atoms with van der Waals surface area (Å²) in [5, 5.41) is 0.112. The molecule has 1 aliphatic rings. The summed E-state index contributed by atoms with van der Waals surface area (Å²) >= 11 is 11.8. The molecule has 0 N–H and O–H groups in total. The summed E-state index contributed by atoms with van der Waals surface area (Å²) in [7, 11) is 1.74. The van der Waals surface area contributed by atoms with Gasteiger partial charge in [0.05, 0.1) is 28.2 Å². The predicted octanol–water partition coefficient (Wildman–Crippen LogP) is 4.18.